The number of amides is 2. The molecule has 1 aliphatic rings. The molecule has 1 aromatic carbocycles. The first kappa shape index (κ1) is 17.6. The van der Waals surface area contributed by atoms with Crippen LogP contribution in [0.3, 0.4) is 0 Å². The lowest BCUT2D eigenvalue weighted by Gasteiger charge is -2.37. The third-order valence-corrected chi connectivity index (χ3v) is 4.35. The smallest absolute Gasteiger partial charge is 0.314 e. The van der Waals surface area contributed by atoms with Crippen molar-refractivity contribution < 1.29 is 4.79 Å². The van der Waals surface area contributed by atoms with Crippen LogP contribution < -0.4 is 15.5 Å². The predicted octanol–water partition coefficient (Wildman–Crippen LogP) is 2.13. The topological polar surface area (TPSA) is 47.6 Å². The molecule has 0 bridgehead atoms. The number of hydrogen-bond acceptors (Lipinski definition) is 3. The molecule has 5 heteroatoms. The molecule has 1 aliphatic heterocycles. The molecule has 0 aromatic heterocycles. The van der Waals surface area contributed by atoms with Crippen molar-refractivity contribution in [2.24, 2.45) is 0 Å². The number of hydrogen-bond donors (Lipinski definition) is 2. The van der Waals surface area contributed by atoms with Crippen LogP contribution in [-0.4, -0.2) is 56.7 Å². The Morgan fingerprint density at radius 2 is 1.87 bits per heavy atom. The fraction of sp³-hybridized carbons (Fsp3) is 0.611. The van der Waals surface area contributed by atoms with Crippen LogP contribution in [0, 0.1) is 13.8 Å². The SMILES string of the molecule is CCNC(=O)NCCCN1CCN(c2cc(C)ccc2C)CC1. The number of aryl methyl sites for hydroxylation is 2. The van der Waals surface area contributed by atoms with Gasteiger partial charge in [0.05, 0.1) is 0 Å². The molecule has 0 aliphatic carbocycles. The Morgan fingerprint density at radius 1 is 1.13 bits per heavy atom. The second kappa shape index (κ2) is 8.77. The molecule has 0 saturated carbocycles. The maximum absolute atomic E-state index is 11.3. The third-order valence-electron chi connectivity index (χ3n) is 4.35. The summed E-state index contributed by atoms with van der Waals surface area (Å²) in [6.07, 6.45) is 1.00. The summed E-state index contributed by atoms with van der Waals surface area (Å²) in [6.45, 7) is 13.1. The van der Waals surface area contributed by atoms with Gasteiger partial charge in [0, 0.05) is 45.0 Å². The molecular formula is C18H30N4O. The minimum atomic E-state index is -0.0627. The Morgan fingerprint density at radius 3 is 2.57 bits per heavy atom. The quantitative estimate of drug-likeness (QED) is 0.790. The molecule has 0 radical (unpaired) electrons. The zero-order valence-corrected chi connectivity index (χ0v) is 14.7. The first-order chi connectivity index (χ1) is 11.1. The molecule has 128 valence electrons. The highest BCUT2D eigenvalue weighted by Crippen LogP contribution is 2.22. The van der Waals surface area contributed by atoms with Crippen LogP contribution in [0.2, 0.25) is 0 Å². The second-order valence-electron chi connectivity index (χ2n) is 6.26. The van der Waals surface area contributed by atoms with Gasteiger partial charge >= 0.3 is 6.03 Å². The van der Waals surface area contributed by atoms with Crippen molar-refractivity contribution in [3.05, 3.63) is 29.3 Å². The van der Waals surface area contributed by atoms with Gasteiger partial charge in [0.15, 0.2) is 0 Å². The number of rotatable bonds is 6. The second-order valence-corrected chi connectivity index (χ2v) is 6.26. The average Bonchev–Trinajstić information content (AvgIpc) is 2.55. The first-order valence-corrected chi connectivity index (χ1v) is 8.66. The van der Waals surface area contributed by atoms with Gasteiger partial charge in [-0.2, -0.15) is 0 Å². The highest BCUT2D eigenvalue weighted by Gasteiger charge is 2.18. The lowest BCUT2D eigenvalue weighted by molar-refractivity contribution is 0.236. The van der Waals surface area contributed by atoms with E-state index in [1.54, 1.807) is 0 Å². The predicted molar refractivity (Wildman–Crippen MR) is 96.3 cm³/mol. The summed E-state index contributed by atoms with van der Waals surface area (Å²) in [6, 6.07) is 6.62. The van der Waals surface area contributed by atoms with Gasteiger partial charge in [0.1, 0.15) is 0 Å². The molecule has 2 N–H and O–H groups in total. The summed E-state index contributed by atoms with van der Waals surface area (Å²) in [5, 5.41) is 5.63. The van der Waals surface area contributed by atoms with E-state index in [0.717, 1.165) is 45.7 Å². The van der Waals surface area contributed by atoms with E-state index in [1.807, 2.05) is 6.92 Å². The zero-order valence-electron chi connectivity index (χ0n) is 14.7. The van der Waals surface area contributed by atoms with Crippen molar-refractivity contribution in [2.75, 3.05) is 50.7 Å². The van der Waals surface area contributed by atoms with Gasteiger partial charge in [-0.3, -0.25) is 4.90 Å². The van der Waals surface area contributed by atoms with E-state index in [4.69, 9.17) is 0 Å². The summed E-state index contributed by atoms with van der Waals surface area (Å²) in [4.78, 5) is 16.3. The van der Waals surface area contributed by atoms with E-state index < -0.39 is 0 Å². The summed E-state index contributed by atoms with van der Waals surface area (Å²) < 4.78 is 0. The van der Waals surface area contributed by atoms with Crippen LogP contribution in [0.1, 0.15) is 24.5 Å². The molecule has 1 aromatic rings. The minimum Gasteiger partial charge on any atom is -0.369 e. The van der Waals surface area contributed by atoms with E-state index in [1.165, 1.54) is 16.8 Å². The van der Waals surface area contributed by atoms with Crippen LogP contribution in [-0.2, 0) is 0 Å². The van der Waals surface area contributed by atoms with Crippen molar-refractivity contribution in [1.82, 2.24) is 15.5 Å². The lowest BCUT2D eigenvalue weighted by Crippen LogP contribution is -2.47. The molecule has 0 atom stereocenters. The van der Waals surface area contributed by atoms with Gasteiger partial charge in [0.2, 0.25) is 0 Å². The monoisotopic (exact) mass is 318 g/mol. The van der Waals surface area contributed by atoms with Gasteiger partial charge in [0.25, 0.3) is 0 Å². The number of piperazine rings is 1. The zero-order chi connectivity index (χ0) is 16.7. The molecular weight excluding hydrogens is 288 g/mol. The van der Waals surface area contributed by atoms with Gasteiger partial charge in [-0.1, -0.05) is 12.1 Å². The Bertz CT molecular complexity index is 510. The van der Waals surface area contributed by atoms with Crippen LogP contribution in [0.4, 0.5) is 10.5 Å². The van der Waals surface area contributed by atoms with Crippen molar-refractivity contribution in [2.45, 2.75) is 27.2 Å². The molecule has 1 heterocycles. The summed E-state index contributed by atoms with van der Waals surface area (Å²) in [7, 11) is 0. The molecule has 2 amide bonds. The Hall–Kier alpha value is -1.75. The Labute approximate surface area is 140 Å². The van der Waals surface area contributed by atoms with E-state index in [-0.39, 0.29) is 6.03 Å². The van der Waals surface area contributed by atoms with E-state index in [0.29, 0.717) is 6.54 Å². The fourth-order valence-electron chi connectivity index (χ4n) is 3.00. The van der Waals surface area contributed by atoms with Gasteiger partial charge in [-0.25, -0.2) is 4.79 Å². The standard InChI is InChI=1S/C18H30N4O/c1-4-19-18(23)20-8-5-9-21-10-12-22(13-11-21)17-14-15(2)6-7-16(17)3/h6-7,14H,4-5,8-13H2,1-3H3,(H2,19,20,23). The Balaban J connectivity index is 1.70. The minimum absolute atomic E-state index is 0.0627. The first-order valence-electron chi connectivity index (χ1n) is 8.66. The number of benzene rings is 1. The van der Waals surface area contributed by atoms with Crippen LogP contribution in [0.25, 0.3) is 0 Å². The van der Waals surface area contributed by atoms with E-state index >= 15 is 0 Å². The van der Waals surface area contributed by atoms with Crippen LogP contribution in [0.15, 0.2) is 18.2 Å². The average molecular weight is 318 g/mol. The Kier molecular flexibility index (Phi) is 6.71. The van der Waals surface area contributed by atoms with Crippen LogP contribution in [0.5, 0.6) is 0 Å². The van der Waals surface area contributed by atoms with Gasteiger partial charge < -0.3 is 15.5 Å². The summed E-state index contributed by atoms with van der Waals surface area (Å²) in [5.41, 5.74) is 4.06. The molecule has 5 nitrogen and oxygen atoms in total. The van der Waals surface area contributed by atoms with Gasteiger partial charge in [-0.15, -0.1) is 0 Å². The number of carbonyl (C=O) groups is 1. The molecule has 23 heavy (non-hydrogen) atoms. The molecule has 1 saturated heterocycles. The maximum atomic E-state index is 11.3. The highest BCUT2D eigenvalue weighted by molar-refractivity contribution is 5.73. The van der Waals surface area contributed by atoms with Crippen molar-refractivity contribution in [3.63, 3.8) is 0 Å². The van der Waals surface area contributed by atoms with E-state index in [2.05, 4.69) is 52.5 Å². The number of nitrogens with one attached hydrogen (secondary N) is 2. The normalized spacial score (nSPS) is 15.5. The molecule has 1 fully saturated rings. The number of urea groups is 1. The highest BCUT2D eigenvalue weighted by atomic mass is 16.2. The molecule has 2 rings (SSSR count). The summed E-state index contributed by atoms with van der Waals surface area (Å²) in [5.74, 6) is 0. The lowest BCUT2D eigenvalue weighted by atomic mass is 10.1. The fourth-order valence-corrected chi connectivity index (χ4v) is 3.00. The summed E-state index contributed by atoms with van der Waals surface area (Å²) >= 11 is 0. The van der Waals surface area contributed by atoms with Crippen molar-refractivity contribution in [3.8, 4) is 0 Å². The van der Waals surface area contributed by atoms with Crippen molar-refractivity contribution in [1.29, 1.82) is 0 Å². The third kappa shape index (κ3) is 5.43. The molecule has 0 unspecified atom stereocenters. The number of anilines is 1. The van der Waals surface area contributed by atoms with E-state index in [9.17, 15) is 4.79 Å². The van der Waals surface area contributed by atoms with Gasteiger partial charge in [-0.05, 0) is 50.9 Å². The van der Waals surface area contributed by atoms with Crippen LogP contribution >= 0.6 is 0 Å². The molecule has 0 spiro atoms. The number of nitrogens with zero attached hydrogens (tertiary/aromatic N) is 2. The van der Waals surface area contributed by atoms with Crippen molar-refractivity contribution >= 4 is 11.7 Å². The maximum Gasteiger partial charge on any atom is 0.314 e. The largest absolute Gasteiger partial charge is 0.369 e. The number of carbonyl (C=O) groups excluding carboxylic acids is 1.